The Bertz CT molecular complexity index is 754. The summed E-state index contributed by atoms with van der Waals surface area (Å²) >= 11 is 0. The van der Waals surface area contributed by atoms with Crippen molar-refractivity contribution in [1.82, 2.24) is 4.31 Å². The molecule has 1 aliphatic rings. The number of carbonyl (C=O) groups is 1. The summed E-state index contributed by atoms with van der Waals surface area (Å²) in [6, 6.07) is 3.23. The minimum absolute atomic E-state index is 0.00856. The van der Waals surface area contributed by atoms with Crippen molar-refractivity contribution in [2.75, 3.05) is 13.7 Å². The summed E-state index contributed by atoms with van der Waals surface area (Å²) < 4.78 is 31.8. The van der Waals surface area contributed by atoms with Gasteiger partial charge in [0.05, 0.1) is 18.6 Å². The summed E-state index contributed by atoms with van der Waals surface area (Å²) in [5.41, 5.74) is 0.754. The van der Waals surface area contributed by atoms with E-state index in [1.807, 2.05) is 0 Å². The maximum absolute atomic E-state index is 12.9. The quantitative estimate of drug-likeness (QED) is 0.914. The summed E-state index contributed by atoms with van der Waals surface area (Å²) in [7, 11) is -2.46. The molecule has 1 aliphatic heterocycles. The van der Waals surface area contributed by atoms with Gasteiger partial charge in [-0.15, -0.1) is 0 Å². The van der Waals surface area contributed by atoms with Crippen LogP contribution in [0.1, 0.15) is 11.1 Å². The highest BCUT2D eigenvalue weighted by Crippen LogP contribution is 2.30. The van der Waals surface area contributed by atoms with E-state index in [0.717, 1.165) is 4.31 Å². The van der Waals surface area contributed by atoms with Crippen molar-refractivity contribution in [1.29, 1.82) is 0 Å². The number of methoxy groups -OCH3 is 1. The molecule has 7 heteroatoms. The van der Waals surface area contributed by atoms with Crippen molar-refractivity contribution >= 4 is 16.0 Å². The lowest BCUT2D eigenvalue weighted by atomic mass is 10.1. The van der Waals surface area contributed by atoms with Gasteiger partial charge in [0.1, 0.15) is 11.4 Å². The van der Waals surface area contributed by atoms with Crippen LogP contribution in [0.5, 0.6) is 5.75 Å². The molecule has 0 spiro atoms. The smallest absolute Gasteiger partial charge is 0.353 e. The lowest BCUT2D eigenvalue weighted by molar-refractivity contribution is -0.133. The first-order valence-corrected chi connectivity index (χ1v) is 8.01. The summed E-state index contributed by atoms with van der Waals surface area (Å²) in [6.07, 6.45) is 4.40. The topological polar surface area (TPSA) is 83.9 Å². The maximum Gasteiger partial charge on any atom is 0.353 e. The second kappa shape index (κ2) is 5.84. The maximum atomic E-state index is 12.9. The number of carboxylic acids is 1. The second-order valence-electron chi connectivity index (χ2n) is 4.91. The van der Waals surface area contributed by atoms with Gasteiger partial charge in [0, 0.05) is 0 Å². The number of hydrogen-bond acceptors (Lipinski definition) is 4. The molecule has 22 heavy (non-hydrogen) atoms. The van der Waals surface area contributed by atoms with Crippen molar-refractivity contribution in [3.05, 3.63) is 47.2 Å². The van der Waals surface area contributed by atoms with E-state index in [1.54, 1.807) is 32.1 Å². The molecule has 1 N–H and O–H groups in total. The van der Waals surface area contributed by atoms with Crippen molar-refractivity contribution in [3.63, 3.8) is 0 Å². The molecule has 1 aromatic rings. The molecule has 0 atom stereocenters. The predicted octanol–water partition coefficient (Wildman–Crippen LogP) is 1.84. The summed E-state index contributed by atoms with van der Waals surface area (Å²) in [4.78, 5) is 11.4. The minimum atomic E-state index is -3.97. The van der Waals surface area contributed by atoms with Crippen molar-refractivity contribution in [2.45, 2.75) is 18.7 Å². The minimum Gasteiger partial charge on any atom is -0.497 e. The second-order valence-corrected chi connectivity index (χ2v) is 6.71. The molecule has 6 nitrogen and oxygen atoms in total. The van der Waals surface area contributed by atoms with Gasteiger partial charge in [0.15, 0.2) is 0 Å². The lowest BCUT2D eigenvalue weighted by Crippen LogP contribution is -2.35. The van der Waals surface area contributed by atoms with E-state index >= 15 is 0 Å². The highest BCUT2D eigenvalue weighted by atomic mass is 32.2. The van der Waals surface area contributed by atoms with E-state index in [2.05, 4.69) is 0 Å². The zero-order chi connectivity index (χ0) is 16.5. The molecule has 1 aromatic carbocycles. The number of allylic oxidation sites excluding steroid dienone is 2. The fourth-order valence-corrected chi connectivity index (χ4v) is 4.28. The molecule has 0 aromatic heterocycles. The predicted molar refractivity (Wildman–Crippen MR) is 81.2 cm³/mol. The van der Waals surface area contributed by atoms with Gasteiger partial charge in [-0.2, -0.15) is 0 Å². The van der Waals surface area contributed by atoms with Crippen LogP contribution < -0.4 is 4.74 Å². The fourth-order valence-electron chi connectivity index (χ4n) is 2.45. The molecule has 0 fully saturated rings. The van der Waals surface area contributed by atoms with E-state index in [1.165, 1.54) is 19.3 Å². The van der Waals surface area contributed by atoms with Gasteiger partial charge >= 0.3 is 5.97 Å². The van der Waals surface area contributed by atoms with Crippen LogP contribution in [0.15, 0.2) is 41.0 Å². The van der Waals surface area contributed by atoms with Crippen LogP contribution in [-0.4, -0.2) is 37.5 Å². The van der Waals surface area contributed by atoms with Crippen molar-refractivity contribution in [3.8, 4) is 5.75 Å². The van der Waals surface area contributed by atoms with Crippen LogP contribution in [0.25, 0.3) is 0 Å². The first-order chi connectivity index (χ1) is 10.3. The Morgan fingerprint density at radius 3 is 2.36 bits per heavy atom. The first kappa shape index (κ1) is 16.1. The highest BCUT2D eigenvalue weighted by Gasteiger charge is 2.32. The zero-order valence-corrected chi connectivity index (χ0v) is 13.3. The monoisotopic (exact) mass is 323 g/mol. The number of rotatable bonds is 4. The number of aliphatic carboxylic acids is 1. The third-order valence-electron chi connectivity index (χ3n) is 3.37. The number of benzene rings is 1. The SMILES string of the molecule is COc1cc(C)c(S(=O)(=O)N2CC=CC=C2C(=O)O)c(C)c1. The number of aryl methyl sites for hydroxylation is 2. The van der Waals surface area contributed by atoms with E-state index in [4.69, 9.17) is 4.74 Å². The van der Waals surface area contributed by atoms with Gasteiger partial charge in [-0.25, -0.2) is 13.2 Å². The van der Waals surface area contributed by atoms with E-state index < -0.39 is 16.0 Å². The molecule has 0 amide bonds. The Balaban J connectivity index is 2.59. The van der Waals surface area contributed by atoms with Gasteiger partial charge in [-0.3, -0.25) is 4.31 Å². The fraction of sp³-hybridized carbons (Fsp3) is 0.267. The normalized spacial score (nSPS) is 14.7. The van der Waals surface area contributed by atoms with Crippen molar-refractivity contribution in [2.24, 2.45) is 0 Å². The van der Waals surface area contributed by atoms with Gasteiger partial charge in [-0.1, -0.05) is 12.2 Å². The standard InChI is InChI=1S/C15H17NO5S/c1-10-8-12(21-3)9-11(2)14(10)22(19,20)16-7-5-4-6-13(16)15(17)18/h4-6,8-9H,7H2,1-3H3,(H,17,18). The number of carboxylic acid groups (broad SMARTS) is 1. The Kier molecular flexibility index (Phi) is 4.27. The lowest BCUT2D eigenvalue weighted by Gasteiger charge is -2.26. The molecule has 0 aliphatic carbocycles. The van der Waals surface area contributed by atoms with Crippen LogP contribution in [0.3, 0.4) is 0 Å². The van der Waals surface area contributed by atoms with Gasteiger partial charge in [0.25, 0.3) is 10.0 Å². The molecule has 0 bridgehead atoms. The number of sulfonamides is 1. The van der Waals surface area contributed by atoms with Crippen LogP contribution in [-0.2, 0) is 14.8 Å². The Morgan fingerprint density at radius 1 is 1.27 bits per heavy atom. The average Bonchev–Trinajstić information content (AvgIpc) is 2.46. The van der Waals surface area contributed by atoms with Gasteiger partial charge in [-0.05, 0) is 43.2 Å². The van der Waals surface area contributed by atoms with Gasteiger partial charge < -0.3 is 9.84 Å². The van der Waals surface area contributed by atoms with Crippen molar-refractivity contribution < 1.29 is 23.1 Å². The molecule has 0 radical (unpaired) electrons. The zero-order valence-electron chi connectivity index (χ0n) is 12.5. The van der Waals surface area contributed by atoms with E-state index in [9.17, 15) is 18.3 Å². The third-order valence-corrected chi connectivity index (χ3v) is 5.45. The van der Waals surface area contributed by atoms with Crippen LogP contribution in [0.2, 0.25) is 0 Å². The Hall–Kier alpha value is -2.28. The third kappa shape index (κ3) is 2.71. The number of hydrogen-bond donors (Lipinski definition) is 1. The van der Waals surface area contributed by atoms with Gasteiger partial charge in [0.2, 0.25) is 0 Å². The van der Waals surface area contributed by atoms with Crippen LogP contribution >= 0.6 is 0 Å². The summed E-state index contributed by atoms with van der Waals surface area (Å²) in [5, 5.41) is 9.21. The molecule has 0 saturated heterocycles. The highest BCUT2D eigenvalue weighted by molar-refractivity contribution is 7.89. The van der Waals surface area contributed by atoms with E-state index in [0.29, 0.717) is 16.9 Å². The molecular formula is C15H17NO5S. The number of ether oxygens (including phenoxy) is 1. The van der Waals surface area contributed by atoms with E-state index in [-0.39, 0.29) is 17.1 Å². The molecule has 0 unspecified atom stereocenters. The number of nitrogens with zero attached hydrogens (tertiary/aromatic N) is 1. The molecule has 2 rings (SSSR count). The molecule has 1 heterocycles. The molecular weight excluding hydrogens is 306 g/mol. The Labute approximate surface area is 129 Å². The summed E-state index contributed by atoms with van der Waals surface area (Å²) in [6.45, 7) is 3.31. The average molecular weight is 323 g/mol. The summed E-state index contributed by atoms with van der Waals surface area (Å²) in [5.74, 6) is -0.724. The van der Waals surface area contributed by atoms with Crippen LogP contribution in [0.4, 0.5) is 0 Å². The largest absolute Gasteiger partial charge is 0.497 e. The first-order valence-electron chi connectivity index (χ1n) is 6.57. The molecule has 0 saturated carbocycles. The van der Waals surface area contributed by atoms with Crippen LogP contribution in [0, 0.1) is 13.8 Å². The Morgan fingerprint density at radius 2 is 1.86 bits per heavy atom. The molecule has 118 valence electrons.